The maximum atomic E-state index is 13.2. The van der Waals surface area contributed by atoms with Gasteiger partial charge in [-0.1, -0.05) is 32.0 Å². The van der Waals surface area contributed by atoms with E-state index in [1.807, 2.05) is 18.2 Å². The van der Waals surface area contributed by atoms with E-state index in [1.165, 1.54) is 19.3 Å². The predicted octanol–water partition coefficient (Wildman–Crippen LogP) is 4.35. The SMILES string of the molecule is COc1ccccc1CCNC(=O)C12CC3CC(C)(CC(C)(C3)C1)C2. The van der Waals surface area contributed by atoms with Crippen LogP contribution in [0, 0.1) is 22.2 Å². The van der Waals surface area contributed by atoms with Crippen molar-refractivity contribution in [2.24, 2.45) is 22.2 Å². The summed E-state index contributed by atoms with van der Waals surface area (Å²) in [5.74, 6) is 1.97. The van der Waals surface area contributed by atoms with E-state index in [-0.39, 0.29) is 5.41 Å². The average Bonchev–Trinajstić information content (AvgIpc) is 2.51. The smallest absolute Gasteiger partial charge is 0.226 e. The van der Waals surface area contributed by atoms with Crippen LogP contribution in [-0.4, -0.2) is 19.6 Å². The third-order valence-corrected chi connectivity index (χ3v) is 6.98. The maximum absolute atomic E-state index is 13.2. The first-order valence-corrected chi connectivity index (χ1v) is 9.76. The summed E-state index contributed by atoms with van der Waals surface area (Å²) in [6, 6.07) is 8.08. The third kappa shape index (κ3) is 2.96. The summed E-state index contributed by atoms with van der Waals surface area (Å²) in [7, 11) is 1.70. The van der Waals surface area contributed by atoms with Crippen LogP contribution in [0.25, 0.3) is 0 Å². The van der Waals surface area contributed by atoms with Crippen LogP contribution in [0.1, 0.15) is 57.9 Å². The fourth-order valence-electron chi connectivity index (χ4n) is 7.11. The van der Waals surface area contributed by atoms with Crippen molar-refractivity contribution in [2.45, 2.75) is 58.8 Å². The van der Waals surface area contributed by atoms with Gasteiger partial charge in [-0.05, 0) is 73.3 Å². The Morgan fingerprint density at radius 2 is 1.80 bits per heavy atom. The number of hydrogen-bond donors (Lipinski definition) is 1. The Hall–Kier alpha value is -1.51. The molecule has 0 radical (unpaired) electrons. The predicted molar refractivity (Wildman–Crippen MR) is 99.5 cm³/mol. The number of hydrogen-bond acceptors (Lipinski definition) is 2. The second kappa shape index (κ2) is 5.75. The molecule has 3 nitrogen and oxygen atoms in total. The zero-order valence-corrected chi connectivity index (χ0v) is 15.9. The molecule has 5 rings (SSSR count). The molecule has 4 saturated carbocycles. The van der Waals surface area contributed by atoms with E-state index in [0.29, 0.717) is 23.3 Å². The lowest BCUT2D eigenvalue weighted by molar-refractivity contribution is -0.170. The number of methoxy groups -OCH3 is 1. The Kier molecular flexibility index (Phi) is 3.90. The molecule has 4 aliphatic carbocycles. The second-order valence-electron chi connectivity index (χ2n) is 9.73. The minimum atomic E-state index is -0.107. The first kappa shape index (κ1) is 16.9. The van der Waals surface area contributed by atoms with Crippen molar-refractivity contribution in [3.8, 4) is 5.75 Å². The molecule has 3 heteroatoms. The normalized spacial score (nSPS) is 38.6. The molecule has 136 valence electrons. The Morgan fingerprint density at radius 3 is 2.44 bits per heavy atom. The summed E-state index contributed by atoms with van der Waals surface area (Å²) in [5, 5.41) is 3.28. The van der Waals surface area contributed by atoms with E-state index in [0.717, 1.165) is 42.9 Å². The van der Waals surface area contributed by atoms with Gasteiger partial charge in [-0.15, -0.1) is 0 Å². The molecule has 2 unspecified atom stereocenters. The highest BCUT2D eigenvalue weighted by molar-refractivity contribution is 5.83. The summed E-state index contributed by atoms with van der Waals surface area (Å²) >= 11 is 0. The van der Waals surface area contributed by atoms with Gasteiger partial charge in [0, 0.05) is 6.54 Å². The van der Waals surface area contributed by atoms with Crippen molar-refractivity contribution >= 4 is 5.91 Å². The van der Waals surface area contributed by atoms with Crippen molar-refractivity contribution in [1.82, 2.24) is 5.32 Å². The molecule has 2 atom stereocenters. The summed E-state index contributed by atoms with van der Waals surface area (Å²) in [6.07, 6.45) is 8.09. The molecule has 4 bridgehead atoms. The van der Waals surface area contributed by atoms with Crippen LogP contribution in [0.3, 0.4) is 0 Å². The molecule has 0 aromatic heterocycles. The zero-order chi connectivity index (χ0) is 17.7. The number of carbonyl (C=O) groups excluding carboxylic acids is 1. The molecule has 1 aromatic rings. The molecule has 0 spiro atoms. The molecule has 1 N–H and O–H groups in total. The molecule has 0 saturated heterocycles. The van der Waals surface area contributed by atoms with Crippen molar-refractivity contribution in [1.29, 1.82) is 0 Å². The average molecular weight is 341 g/mol. The monoisotopic (exact) mass is 341 g/mol. The van der Waals surface area contributed by atoms with Gasteiger partial charge in [0.2, 0.25) is 5.91 Å². The van der Waals surface area contributed by atoms with Crippen LogP contribution in [-0.2, 0) is 11.2 Å². The van der Waals surface area contributed by atoms with Gasteiger partial charge < -0.3 is 10.1 Å². The number of para-hydroxylation sites is 1. The highest BCUT2D eigenvalue weighted by atomic mass is 16.5. The third-order valence-electron chi connectivity index (χ3n) is 6.98. The molecule has 4 fully saturated rings. The highest BCUT2D eigenvalue weighted by Crippen LogP contribution is 2.69. The molecule has 0 aliphatic heterocycles. The summed E-state index contributed by atoms with van der Waals surface area (Å²) in [5.41, 5.74) is 1.82. The van der Waals surface area contributed by atoms with E-state index in [4.69, 9.17) is 4.74 Å². The lowest BCUT2D eigenvalue weighted by atomic mass is 9.40. The van der Waals surface area contributed by atoms with Crippen molar-refractivity contribution < 1.29 is 9.53 Å². The van der Waals surface area contributed by atoms with Crippen molar-refractivity contribution in [3.63, 3.8) is 0 Å². The number of benzene rings is 1. The van der Waals surface area contributed by atoms with Gasteiger partial charge in [0.25, 0.3) is 0 Å². The summed E-state index contributed by atoms with van der Waals surface area (Å²) in [6.45, 7) is 5.54. The van der Waals surface area contributed by atoms with Gasteiger partial charge in [0.15, 0.2) is 0 Å². The fraction of sp³-hybridized carbons (Fsp3) is 0.682. The molecule has 0 heterocycles. The highest BCUT2D eigenvalue weighted by Gasteiger charge is 2.62. The standard InChI is InChI=1S/C22H31NO2/c1-20-10-16-11-21(2,13-20)15-22(12-16,14-20)19(24)23-9-8-17-6-4-5-7-18(17)25-3/h4-7,16H,8-15H2,1-3H3,(H,23,24). The Labute approximate surface area is 151 Å². The number of amides is 1. The van der Waals surface area contributed by atoms with Crippen LogP contribution < -0.4 is 10.1 Å². The lowest BCUT2D eigenvalue weighted by Gasteiger charge is -2.64. The van der Waals surface area contributed by atoms with Crippen molar-refractivity contribution in [2.75, 3.05) is 13.7 Å². The minimum absolute atomic E-state index is 0.107. The van der Waals surface area contributed by atoms with Crippen molar-refractivity contribution in [3.05, 3.63) is 29.8 Å². The maximum Gasteiger partial charge on any atom is 0.226 e. The number of carbonyl (C=O) groups is 1. The van der Waals surface area contributed by atoms with Gasteiger partial charge in [0.1, 0.15) is 5.75 Å². The Balaban J connectivity index is 1.43. The van der Waals surface area contributed by atoms with Gasteiger partial charge in [-0.3, -0.25) is 4.79 Å². The van der Waals surface area contributed by atoms with Gasteiger partial charge in [-0.25, -0.2) is 0 Å². The first-order chi connectivity index (χ1) is 11.9. The fourth-order valence-corrected chi connectivity index (χ4v) is 7.11. The number of rotatable bonds is 5. The largest absolute Gasteiger partial charge is 0.496 e. The van der Waals surface area contributed by atoms with E-state index in [9.17, 15) is 4.79 Å². The quantitative estimate of drug-likeness (QED) is 0.864. The van der Waals surface area contributed by atoms with Crippen LogP contribution in [0.2, 0.25) is 0 Å². The first-order valence-electron chi connectivity index (χ1n) is 9.76. The second-order valence-corrected chi connectivity index (χ2v) is 9.73. The Morgan fingerprint density at radius 1 is 1.12 bits per heavy atom. The Bertz CT molecular complexity index is 664. The topological polar surface area (TPSA) is 38.3 Å². The van der Waals surface area contributed by atoms with E-state index < -0.39 is 0 Å². The van der Waals surface area contributed by atoms with E-state index in [2.05, 4.69) is 25.2 Å². The van der Waals surface area contributed by atoms with E-state index >= 15 is 0 Å². The van der Waals surface area contributed by atoms with Crippen LogP contribution in [0.5, 0.6) is 5.75 Å². The van der Waals surface area contributed by atoms with Gasteiger partial charge >= 0.3 is 0 Å². The van der Waals surface area contributed by atoms with E-state index in [1.54, 1.807) is 7.11 Å². The molecular formula is C22H31NO2. The molecular weight excluding hydrogens is 310 g/mol. The molecule has 1 amide bonds. The summed E-state index contributed by atoms with van der Waals surface area (Å²) < 4.78 is 5.42. The molecule has 4 aliphatic rings. The molecule has 25 heavy (non-hydrogen) atoms. The number of ether oxygens (including phenoxy) is 1. The zero-order valence-electron chi connectivity index (χ0n) is 15.9. The van der Waals surface area contributed by atoms with Gasteiger partial charge in [-0.2, -0.15) is 0 Å². The van der Waals surface area contributed by atoms with Crippen LogP contribution in [0.4, 0.5) is 0 Å². The summed E-state index contributed by atoms with van der Waals surface area (Å²) in [4.78, 5) is 13.2. The number of nitrogens with one attached hydrogen (secondary N) is 1. The minimum Gasteiger partial charge on any atom is -0.496 e. The molecule has 1 aromatic carbocycles. The van der Waals surface area contributed by atoms with Crippen LogP contribution in [0.15, 0.2) is 24.3 Å². The van der Waals surface area contributed by atoms with Gasteiger partial charge in [0.05, 0.1) is 12.5 Å². The van der Waals surface area contributed by atoms with Crippen LogP contribution >= 0.6 is 0 Å². The lowest BCUT2D eigenvalue weighted by Crippen LogP contribution is -2.60.